The highest BCUT2D eigenvalue weighted by Gasteiger charge is 2.02. The maximum absolute atomic E-state index is 13.0. The van der Waals surface area contributed by atoms with Gasteiger partial charge in [-0.15, -0.1) is 0 Å². The van der Waals surface area contributed by atoms with Crippen molar-refractivity contribution in [1.82, 2.24) is 4.98 Å². The first-order valence-electron chi connectivity index (χ1n) is 4.35. The van der Waals surface area contributed by atoms with Crippen LogP contribution in [0.3, 0.4) is 0 Å². The fourth-order valence-electron chi connectivity index (χ4n) is 1.50. The number of hydrogen-bond donors (Lipinski definition) is 0. The molecule has 66 valence electrons. The number of pyridine rings is 1. The molecule has 0 N–H and O–H groups in total. The minimum absolute atomic E-state index is 0.393. The van der Waals surface area contributed by atoms with Gasteiger partial charge in [0.05, 0.1) is 5.69 Å². The van der Waals surface area contributed by atoms with Gasteiger partial charge in [-0.2, -0.15) is 4.39 Å². The van der Waals surface area contributed by atoms with E-state index in [-0.39, 0.29) is 0 Å². The topological polar surface area (TPSA) is 12.9 Å². The van der Waals surface area contributed by atoms with E-state index in [2.05, 4.69) is 4.98 Å². The van der Waals surface area contributed by atoms with E-state index in [0.29, 0.717) is 0 Å². The molecule has 0 spiro atoms. The van der Waals surface area contributed by atoms with Gasteiger partial charge in [-0.3, -0.25) is 0 Å². The van der Waals surface area contributed by atoms with Crippen molar-refractivity contribution in [2.75, 3.05) is 0 Å². The third kappa shape index (κ3) is 1.39. The molecule has 1 aromatic heterocycles. The zero-order valence-electron chi connectivity index (χ0n) is 7.42. The van der Waals surface area contributed by atoms with Crippen LogP contribution in [0.2, 0.25) is 0 Å². The van der Waals surface area contributed by atoms with Crippen molar-refractivity contribution in [2.45, 2.75) is 13.3 Å². The van der Waals surface area contributed by atoms with Gasteiger partial charge in [0.2, 0.25) is 5.95 Å². The summed E-state index contributed by atoms with van der Waals surface area (Å²) in [7, 11) is 0. The quantitative estimate of drug-likeness (QED) is 0.607. The number of benzene rings is 1. The van der Waals surface area contributed by atoms with Crippen LogP contribution < -0.4 is 0 Å². The molecule has 13 heavy (non-hydrogen) atoms. The molecule has 0 saturated carbocycles. The SMILES string of the molecule is CCc1nc(F)cc2ccccc12. The largest absolute Gasteiger partial charge is 0.224 e. The zero-order chi connectivity index (χ0) is 9.26. The van der Waals surface area contributed by atoms with Gasteiger partial charge in [-0.25, -0.2) is 4.98 Å². The van der Waals surface area contributed by atoms with Crippen molar-refractivity contribution in [1.29, 1.82) is 0 Å². The Morgan fingerprint density at radius 2 is 2.08 bits per heavy atom. The molecule has 0 unspecified atom stereocenters. The number of nitrogens with zero attached hydrogens (tertiary/aromatic N) is 1. The van der Waals surface area contributed by atoms with Gasteiger partial charge in [-0.05, 0) is 11.8 Å². The van der Waals surface area contributed by atoms with Crippen molar-refractivity contribution < 1.29 is 4.39 Å². The first-order valence-corrected chi connectivity index (χ1v) is 4.35. The van der Waals surface area contributed by atoms with Gasteiger partial charge in [0.15, 0.2) is 0 Å². The third-order valence-corrected chi connectivity index (χ3v) is 2.12. The average Bonchev–Trinajstić information content (AvgIpc) is 2.16. The second kappa shape index (κ2) is 3.13. The van der Waals surface area contributed by atoms with Crippen molar-refractivity contribution in [3.63, 3.8) is 0 Å². The van der Waals surface area contributed by atoms with E-state index in [1.807, 2.05) is 31.2 Å². The number of aromatic nitrogens is 1. The summed E-state index contributed by atoms with van der Waals surface area (Å²) in [5, 5.41) is 1.97. The highest BCUT2D eigenvalue weighted by molar-refractivity contribution is 5.84. The van der Waals surface area contributed by atoms with Gasteiger partial charge in [0.25, 0.3) is 0 Å². The predicted octanol–water partition coefficient (Wildman–Crippen LogP) is 2.94. The first kappa shape index (κ1) is 8.17. The van der Waals surface area contributed by atoms with Gasteiger partial charge < -0.3 is 0 Å². The van der Waals surface area contributed by atoms with E-state index in [1.165, 1.54) is 6.07 Å². The Balaban J connectivity index is 2.81. The molecule has 0 bridgehead atoms. The molecule has 1 heterocycles. The van der Waals surface area contributed by atoms with Crippen molar-refractivity contribution in [3.8, 4) is 0 Å². The van der Waals surface area contributed by atoms with Crippen molar-refractivity contribution in [2.24, 2.45) is 0 Å². The Hall–Kier alpha value is -1.44. The summed E-state index contributed by atoms with van der Waals surface area (Å²) in [4.78, 5) is 3.85. The highest BCUT2D eigenvalue weighted by Crippen LogP contribution is 2.17. The van der Waals surface area contributed by atoms with Crippen LogP contribution >= 0.6 is 0 Å². The van der Waals surface area contributed by atoms with E-state index in [4.69, 9.17) is 0 Å². The van der Waals surface area contributed by atoms with Crippen LogP contribution in [0.25, 0.3) is 10.8 Å². The van der Waals surface area contributed by atoms with Crippen LogP contribution in [0, 0.1) is 5.95 Å². The minimum atomic E-state index is -0.393. The molecule has 2 aromatic rings. The molecule has 0 aliphatic rings. The molecule has 2 heteroatoms. The van der Waals surface area contributed by atoms with Crippen LogP contribution in [0.5, 0.6) is 0 Å². The van der Waals surface area contributed by atoms with Gasteiger partial charge in [0.1, 0.15) is 0 Å². The number of halogens is 1. The Labute approximate surface area is 76.2 Å². The normalized spacial score (nSPS) is 10.6. The smallest absolute Gasteiger partial charge is 0.213 e. The fourth-order valence-corrected chi connectivity index (χ4v) is 1.50. The molecular formula is C11H10FN. The monoisotopic (exact) mass is 175 g/mol. The van der Waals surface area contributed by atoms with E-state index >= 15 is 0 Å². The lowest BCUT2D eigenvalue weighted by atomic mass is 10.1. The van der Waals surface area contributed by atoms with Crippen LogP contribution in [0.1, 0.15) is 12.6 Å². The van der Waals surface area contributed by atoms with E-state index in [9.17, 15) is 4.39 Å². The van der Waals surface area contributed by atoms with E-state index in [0.717, 1.165) is 22.9 Å². The lowest BCUT2D eigenvalue weighted by molar-refractivity contribution is 0.580. The molecular weight excluding hydrogens is 165 g/mol. The first-order chi connectivity index (χ1) is 6.31. The summed E-state index contributed by atoms with van der Waals surface area (Å²) < 4.78 is 13.0. The van der Waals surface area contributed by atoms with Crippen LogP contribution in [0.4, 0.5) is 4.39 Å². The zero-order valence-corrected chi connectivity index (χ0v) is 7.42. The summed E-state index contributed by atoms with van der Waals surface area (Å²) in [6.45, 7) is 1.98. The van der Waals surface area contributed by atoms with E-state index in [1.54, 1.807) is 0 Å². The van der Waals surface area contributed by atoms with E-state index < -0.39 is 5.95 Å². The summed E-state index contributed by atoms with van der Waals surface area (Å²) in [5.74, 6) is -0.393. The number of fused-ring (bicyclic) bond motifs is 1. The Morgan fingerprint density at radius 3 is 2.85 bits per heavy atom. The second-order valence-corrected chi connectivity index (χ2v) is 2.97. The van der Waals surface area contributed by atoms with Gasteiger partial charge in [-0.1, -0.05) is 31.2 Å². The van der Waals surface area contributed by atoms with Crippen LogP contribution in [-0.2, 0) is 6.42 Å². The molecule has 0 atom stereocenters. The lowest BCUT2D eigenvalue weighted by Gasteiger charge is -2.02. The number of hydrogen-bond acceptors (Lipinski definition) is 1. The highest BCUT2D eigenvalue weighted by atomic mass is 19.1. The Bertz CT molecular complexity index is 437. The lowest BCUT2D eigenvalue weighted by Crippen LogP contribution is -1.92. The summed E-state index contributed by atoms with van der Waals surface area (Å²) in [5.41, 5.74) is 0.829. The third-order valence-electron chi connectivity index (χ3n) is 2.12. The molecule has 0 saturated heterocycles. The van der Waals surface area contributed by atoms with Crippen molar-refractivity contribution in [3.05, 3.63) is 42.0 Å². The standard InChI is InChI=1S/C11H10FN/c1-2-10-9-6-4-3-5-8(9)7-11(12)13-10/h3-7H,2H2,1H3. The number of rotatable bonds is 1. The Kier molecular flexibility index (Phi) is 1.97. The van der Waals surface area contributed by atoms with Gasteiger partial charge >= 0.3 is 0 Å². The molecule has 0 fully saturated rings. The second-order valence-electron chi connectivity index (χ2n) is 2.97. The molecule has 2 rings (SSSR count). The molecule has 1 nitrogen and oxygen atoms in total. The molecule has 0 radical (unpaired) electrons. The summed E-state index contributed by atoms with van der Waals surface area (Å²) >= 11 is 0. The Morgan fingerprint density at radius 1 is 1.31 bits per heavy atom. The van der Waals surface area contributed by atoms with Gasteiger partial charge in [0, 0.05) is 11.5 Å². The maximum atomic E-state index is 13.0. The maximum Gasteiger partial charge on any atom is 0.213 e. The molecule has 0 aliphatic carbocycles. The fraction of sp³-hybridized carbons (Fsp3) is 0.182. The number of aryl methyl sites for hydroxylation is 1. The van der Waals surface area contributed by atoms with Crippen LogP contribution in [-0.4, -0.2) is 4.98 Å². The van der Waals surface area contributed by atoms with Crippen LogP contribution in [0.15, 0.2) is 30.3 Å². The summed E-state index contributed by atoms with van der Waals surface area (Å²) in [6, 6.07) is 9.19. The minimum Gasteiger partial charge on any atom is -0.224 e. The molecule has 0 amide bonds. The van der Waals surface area contributed by atoms with Crippen molar-refractivity contribution >= 4 is 10.8 Å². The predicted molar refractivity (Wildman–Crippen MR) is 51.1 cm³/mol. The molecule has 0 aliphatic heterocycles. The molecule has 1 aromatic carbocycles. The summed E-state index contributed by atoms with van der Waals surface area (Å²) in [6.07, 6.45) is 0.762. The average molecular weight is 175 g/mol.